The molecule has 0 radical (unpaired) electrons. The third kappa shape index (κ3) is 3.61. The van der Waals surface area contributed by atoms with Crippen LogP contribution in [0.1, 0.15) is 36.6 Å². The predicted octanol–water partition coefficient (Wildman–Crippen LogP) is 2.67. The van der Waals surface area contributed by atoms with E-state index in [0.717, 1.165) is 51.3 Å². The number of hydrogen-bond donors (Lipinski definition) is 0. The largest absolute Gasteiger partial charge is 0.381 e. The van der Waals surface area contributed by atoms with Gasteiger partial charge in [-0.1, -0.05) is 30.3 Å². The minimum atomic E-state index is 0.0802. The summed E-state index contributed by atoms with van der Waals surface area (Å²) in [5.41, 5.74) is 1.29. The minimum absolute atomic E-state index is 0.0802. The van der Waals surface area contributed by atoms with E-state index in [2.05, 4.69) is 40.0 Å². The Hall–Kier alpha value is -2.14. The number of imidazole rings is 1. The summed E-state index contributed by atoms with van der Waals surface area (Å²) >= 11 is 0. The fraction of sp³-hybridized carbons (Fsp3) is 0.500. The molecule has 0 bridgehead atoms. The molecule has 5 heteroatoms. The van der Waals surface area contributed by atoms with Gasteiger partial charge < -0.3 is 14.2 Å². The van der Waals surface area contributed by atoms with Crippen LogP contribution in [0.3, 0.4) is 0 Å². The molecule has 0 aliphatic carbocycles. The molecule has 1 atom stereocenters. The Bertz CT molecular complexity index is 699. The zero-order chi connectivity index (χ0) is 17.1. The highest BCUT2D eigenvalue weighted by molar-refractivity contribution is 5.79. The Morgan fingerprint density at radius 2 is 1.96 bits per heavy atom. The van der Waals surface area contributed by atoms with Crippen LogP contribution in [0.15, 0.2) is 42.7 Å². The molecule has 4 rings (SSSR count). The fourth-order valence-corrected chi connectivity index (χ4v) is 3.94. The third-order valence-corrected chi connectivity index (χ3v) is 5.39. The summed E-state index contributed by atoms with van der Waals surface area (Å²) in [6, 6.07) is 10.5. The van der Waals surface area contributed by atoms with E-state index in [4.69, 9.17) is 4.74 Å². The smallest absolute Gasteiger partial charge is 0.228 e. The van der Waals surface area contributed by atoms with Crippen LogP contribution >= 0.6 is 0 Å². The molecular formula is C20H25N3O2. The second-order valence-electron chi connectivity index (χ2n) is 7.06. The zero-order valence-electron chi connectivity index (χ0n) is 14.5. The van der Waals surface area contributed by atoms with E-state index >= 15 is 0 Å². The van der Waals surface area contributed by atoms with E-state index in [-0.39, 0.29) is 11.8 Å². The van der Waals surface area contributed by atoms with Crippen LogP contribution < -0.4 is 0 Å². The van der Waals surface area contributed by atoms with Crippen LogP contribution in [0.25, 0.3) is 0 Å². The molecule has 2 saturated heterocycles. The number of aromatic nitrogens is 2. The lowest BCUT2D eigenvalue weighted by Gasteiger charge is -2.33. The SMILES string of the molecule is O=C(C1CCOC1)N1CCC(c2nccn2Cc2ccccc2)CC1. The first-order valence-corrected chi connectivity index (χ1v) is 9.23. The van der Waals surface area contributed by atoms with Crippen molar-refractivity contribution in [1.29, 1.82) is 0 Å². The summed E-state index contributed by atoms with van der Waals surface area (Å²) in [6.45, 7) is 3.84. The molecule has 132 valence electrons. The average molecular weight is 339 g/mol. The molecule has 2 aliphatic rings. The van der Waals surface area contributed by atoms with Gasteiger partial charge in [-0.25, -0.2) is 4.98 Å². The monoisotopic (exact) mass is 339 g/mol. The van der Waals surface area contributed by atoms with Crippen molar-refractivity contribution in [3.8, 4) is 0 Å². The third-order valence-electron chi connectivity index (χ3n) is 5.39. The van der Waals surface area contributed by atoms with Gasteiger partial charge in [0.05, 0.1) is 12.5 Å². The lowest BCUT2D eigenvalue weighted by Crippen LogP contribution is -2.41. The summed E-state index contributed by atoms with van der Waals surface area (Å²) in [4.78, 5) is 19.2. The highest BCUT2D eigenvalue weighted by atomic mass is 16.5. The minimum Gasteiger partial charge on any atom is -0.381 e. The molecule has 0 saturated carbocycles. The fourth-order valence-electron chi connectivity index (χ4n) is 3.94. The van der Waals surface area contributed by atoms with Crippen LogP contribution in [0.5, 0.6) is 0 Å². The van der Waals surface area contributed by atoms with Gasteiger partial charge in [-0.15, -0.1) is 0 Å². The number of rotatable bonds is 4. The van der Waals surface area contributed by atoms with Crippen molar-refractivity contribution in [3.05, 3.63) is 54.1 Å². The van der Waals surface area contributed by atoms with Gasteiger partial charge in [-0.05, 0) is 24.8 Å². The quantitative estimate of drug-likeness (QED) is 0.860. The maximum Gasteiger partial charge on any atom is 0.228 e. The maximum absolute atomic E-state index is 12.5. The van der Waals surface area contributed by atoms with Crippen LogP contribution in [-0.2, 0) is 16.1 Å². The van der Waals surface area contributed by atoms with E-state index < -0.39 is 0 Å². The first-order valence-electron chi connectivity index (χ1n) is 9.23. The van der Waals surface area contributed by atoms with Crippen LogP contribution in [0.2, 0.25) is 0 Å². The van der Waals surface area contributed by atoms with Gasteiger partial charge >= 0.3 is 0 Å². The van der Waals surface area contributed by atoms with E-state index in [1.807, 2.05) is 17.2 Å². The summed E-state index contributed by atoms with van der Waals surface area (Å²) in [7, 11) is 0. The molecule has 1 aromatic heterocycles. The number of likely N-dealkylation sites (tertiary alicyclic amines) is 1. The number of carbonyl (C=O) groups is 1. The van der Waals surface area contributed by atoms with Gasteiger partial charge in [0.15, 0.2) is 0 Å². The number of hydrogen-bond acceptors (Lipinski definition) is 3. The molecule has 2 aromatic rings. The molecular weight excluding hydrogens is 314 g/mol. The lowest BCUT2D eigenvalue weighted by molar-refractivity contribution is -0.136. The van der Waals surface area contributed by atoms with Gasteiger partial charge in [0.25, 0.3) is 0 Å². The van der Waals surface area contributed by atoms with Crippen molar-refractivity contribution in [2.75, 3.05) is 26.3 Å². The van der Waals surface area contributed by atoms with Crippen molar-refractivity contribution in [2.45, 2.75) is 31.7 Å². The van der Waals surface area contributed by atoms with Gasteiger partial charge in [0.2, 0.25) is 5.91 Å². The molecule has 1 aromatic carbocycles. The van der Waals surface area contributed by atoms with Gasteiger partial charge in [0, 0.05) is 44.6 Å². The lowest BCUT2D eigenvalue weighted by atomic mass is 9.94. The Morgan fingerprint density at radius 1 is 1.16 bits per heavy atom. The maximum atomic E-state index is 12.5. The van der Waals surface area contributed by atoms with Crippen molar-refractivity contribution in [1.82, 2.24) is 14.5 Å². The molecule has 0 spiro atoms. The molecule has 2 fully saturated rings. The average Bonchev–Trinajstić information content (AvgIpc) is 3.34. The second kappa shape index (κ2) is 7.40. The molecule has 1 unspecified atom stereocenters. The van der Waals surface area contributed by atoms with Crippen molar-refractivity contribution >= 4 is 5.91 Å². The summed E-state index contributed by atoms with van der Waals surface area (Å²) in [5.74, 6) is 1.95. The van der Waals surface area contributed by atoms with E-state index in [1.54, 1.807) is 0 Å². The van der Waals surface area contributed by atoms with Gasteiger partial charge in [0.1, 0.15) is 5.82 Å². The van der Waals surface area contributed by atoms with Crippen molar-refractivity contribution < 1.29 is 9.53 Å². The van der Waals surface area contributed by atoms with E-state index in [1.165, 1.54) is 5.56 Å². The Morgan fingerprint density at radius 3 is 2.68 bits per heavy atom. The number of amides is 1. The van der Waals surface area contributed by atoms with E-state index in [9.17, 15) is 4.79 Å². The molecule has 3 heterocycles. The van der Waals surface area contributed by atoms with Gasteiger partial charge in [-0.2, -0.15) is 0 Å². The second-order valence-corrected chi connectivity index (χ2v) is 7.06. The number of ether oxygens (including phenoxy) is 1. The van der Waals surface area contributed by atoms with Crippen LogP contribution in [-0.4, -0.2) is 46.7 Å². The van der Waals surface area contributed by atoms with Crippen molar-refractivity contribution in [3.63, 3.8) is 0 Å². The standard InChI is InChI=1S/C20H25N3O2/c24-20(18-8-13-25-15-18)22-10-6-17(7-11-22)19-21-9-12-23(19)14-16-4-2-1-3-5-16/h1-5,9,12,17-18H,6-8,10-11,13-15H2. The molecule has 0 N–H and O–H groups in total. The van der Waals surface area contributed by atoms with E-state index in [0.29, 0.717) is 12.5 Å². The Kier molecular flexibility index (Phi) is 4.83. The van der Waals surface area contributed by atoms with Crippen LogP contribution in [0.4, 0.5) is 0 Å². The first-order chi connectivity index (χ1) is 12.3. The topological polar surface area (TPSA) is 47.4 Å². The summed E-state index contributed by atoms with van der Waals surface area (Å²) in [6.07, 6.45) is 6.82. The van der Waals surface area contributed by atoms with Crippen LogP contribution in [0, 0.1) is 5.92 Å². The summed E-state index contributed by atoms with van der Waals surface area (Å²) < 4.78 is 7.61. The highest BCUT2D eigenvalue weighted by Crippen LogP contribution is 2.29. The number of carbonyl (C=O) groups excluding carboxylic acids is 1. The number of nitrogens with zero attached hydrogens (tertiary/aromatic N) is 3. The highest BCUT2D eigenvalue weighted by Gasteiger charge is 2.31. The molecule has 2 aliphatic heterocycles. The Labute approximate surface area is 148 Å². The summed E-state index contributed by atoms with van der Waals surface area (Å²) in [5, 5.41) is 0. The first kappa shape index (κ1) is 16.3. The van der Waals surface area contributed by atoms with Crippen molar-refractivity contribution in [2.24, 2.45) is 5.92 Å². The zero-order valence-corrected chi connectivity index (χ0v) is 14.5. The molecule has 5 nitrogen and oxygen atoms in total. The molecule has 1 amide bonds. The van der Waals surface area contributed by atoms with Gasteiger partial charge in [-0.3, -0.25) is 4.79 Å². The predicted molar refractivity (Wildman–Crippen MR) is 95.3 cm³/mol. The number of piperidine rings is 1. The molecule has 25 heavy (non-hydrogen) atoms. The number of benzene rings is 1. The Balaban J connectivity index is 1.38. The normalized spacial score (nSPS) is 21.6.